The molecule has 0 bridgehead atoms. The Bertz CT molecular complexity index is 719. The molecule has 2 N–H and O–H groups in total. The maximum atomic E-state index is 6.98. The van der Waals surface area contributed by atoms with E-state index in [1.165, 1.54) is 38.5 Å². The van der Waals surface area contributed by atoms with Gasteiger partial charge in [0.1, 0.15) is 0 Å². The van der Waals surface area contributed by atoms with Crippen LogP contribution in [-0.2, 0) is 0 Å². The van der Waals surface area contributed by atoms with Crippen molar-refractivity contribution in [1.29, 1.82) is 0 Å². The molecule has 0 aromatic carbocycles. The van der Waals surface area contributed by atoms with Crippen molar-refractivity contribution in [3.05, 3.63) is 59.8 Å². The first-order chi connectivity index (χ1) is 14.1. The van der Waals surface area contributed by atoms with Crippen LogP contribution in [0, 0.1) is 41.4 Å². The summed E-state index contributed by atoms with van der Waals surface area (Å²) >= 11 is 0. The lowest BCUT2D eigenvalue weighted by molar-refractivity contribution is 0.158. The quantitative estimate of drug-likeness (QED) is 0.485. The minimum absolute atomic E-state index is 0.289. The zero-order valence-corrected chi connectivity index (χ0v) is 18.8. The smallest absolute Gasteiger partial charge is 0.00789 e. The van der Waals surface area contributed by atoms with E-state index in [4.69, 9.17) is 5.73 Å². The average molecular weight is 392 g/mol. The number of hydrogen-bond acceptors (Lipinski definition) is 1. The van der Waals surface area contributed by atoms with Crippen LogP contribution in [0.1, 0.15) is 65.7 Å². The number of rotatable bonds is 6. The van der Waals surface area contributed by atoms with Gasteiger partial charge in [0.2, 0.25) is 0 Å². The highest BCUT2D eigenvalue weighted by Crippen LogP contribution is 2.45. The van der Waals surface area contributed by atoms with Gasteiger partial charge in [0, 0.05) is 12.0 Å². The Morgan fingerprint density at radius 2 is 1.76 bits per heavy atom. The van der Waals surface area contributed by atoms with Crippen LogP contribution in [0.5, 0.6) is 0 Å². The summed E-state index contributed by atoms with van der Waals surface area (Å²) in [4.78, 5) is 0. The van der Waals surface area contributed by atoms with Crippen LogP contribution in [0.2, 0.25) is 0 Å². The summed E-state index contributed by atoms with van der Waals surface area (Å²) in [6, 6.07) is 0.289. The Morgan fingerprint density at radius 3 is 2.59 bits per heavy atom. The molecule has 7 atom stereocenters. The minimum Gasteiger partial charge on any atom is -0.327 e. The van der Waals surface area contributed by atoms with Crippen LogP contribution >= 0.6 is 0 Å². The molecule has 0 aromatic heterocycles. The summed E-state index contributed by atoms with van der Waals surface area (Å²) < 4.78 is 0. The molecular weight excluding hydrogens is 350 g/mol. The summed E-state index contributed by atoms with van der Waals surface area (Å²) in [6.45, 7) is 7.39. The van der Waals surface area contributed by atoms with E-state index in [-0.39, 0.29) is 6.04 Å². The normalized spacial score (nSPS) is 34.1. The molecule has 1 nitrogen and oxygen atoms in total. The fraction of sp³-hybridized carbons (Fsp3) is 0.643. The summed E-state index contributed by atoms with van der Waals surface area (Å²) in [5.74, 6) is 4.56. The highest BCUT2D eigenvalue weighted by atomic mass is 14.7. The van der Waals surface area contributed by atoms with Gasteiger partial charge in [0.25, 0.3) is 0 Å². The minimum atomic E-state index is 0.289. The molecule has 0 amide bonds. The van der Waals surface area contributed by atoms with E-state index < -0.39 is 0 Å². The molecular formula is C28H41N. The molecule has 0 radical (unpaired) electrons. The van der Waals surface area contributed by atoms with Crippen LogP contribution in [0.3, 0.4) is 0 Å². The molecule has 1 heteroatoms. The van der Waals surface area contributed by atoms with Crippen molar-refractivity contribution in [3.63, 3.8) is 0 Å². The second-order valence-corrected chi connectivity index (χ2v) is 10.4. The molecule has 7 unspecified atom stereocenters. The van der Waals surface area contributed by atoms with E-state index in [2.05, 4.69) is 69.4 Å². The molecule has 0 saturated heterocycles. The van der Waals surface area contributed by atoms with E-state index in [0.717, 1.165) is 12.3 Å². The van der Waals surface area contributed by atoms with Crippen molar-refractivity contribution in [2.45, 2.75) is 71.8 Å². The fourth-order valence-corrected chi connectivity index (χ4v) is 6.75. The van der Waals surface area contributed by atoms with E-state index in [9.17, 15) is 0 Å². The van der Waals surface area contributed by atoms with E-state index in [1.54, 1.807) is 11.1 Å². The molecule has 0 aromatic rings. The monoisotopic (exact) mass is 391 g/mol. The first-order valence-electron chi connectivity index (χ1n) is 12.2. The van der Waals surface area contributed by atoms with Crippen LogP contribution in [0.25, 0.3) is 0 Å². The van der Waals surface area contributed by atoms with Crippen molar-refractivity contribution >= 4 is 0 Å². The van der Waals surface area contributed by atoms with Gasteiger partial charge in [-0.1, -0.05) is 75.0 Å². The van der Waals surface area contributed by atoms with Crippen molar-refractivity contribution in [2.24, 2.45) is 47.2 Å². The van der Waals surface area contributed by atoms with Gasteiger partial charge in [-0.3, -0.25) is 0 Å². The molecule has 4 aliphatic rings. The third-order valence-corrected chi connectivity index (χ3v) is 8.46. The van der Waals surface area contributed by atoms with Gasteiger partial charge in [-0.25, -0.2) is 0 Å². The molecule has 29 heavy (non-hydrogen) atoms. The lowest BCUT2D eigenvalue weighted by atomic mass is 9.64. The maximum Gasteiger partial charge on any atom is 0.00789 e. The molecule has 0 heterocycles. The van der Waals surface area contributed by atoms with Gasteiger partial charge in [0.05, 0.1) is 0 Å². The van der Waals surface area contributed by atoms with Crippen molar-refractivity contribution in [1.82, 2.24) is 0 Å². The van der Waals surface area contributed by atoms with Gasteiger partial charge < -0.3 is 5.73 Å². The molecule has 158 valence electrons. The highest BCUT2D eigenvalue weighted by Gasteiger charge is 2.37. The zero-order chi connectivity index (χ0) is 20.4. The highest BCUT2D eigenvalue weighted by molar-refractivity contribution is 5.33. The SMILES string of the molecule is CC(C)C(CC(N)C1CC=CC2C=CC=CC21)C(C)C1CC=CC2=C1CCCC2. The lowest BCUT2D eigenvalue weighted by Gasteiger charge is -2.42. The van der Waals surface area contributed by atoms with E-state index in [1.807, 2.05) is 0 Å². The molecule has 0 fully saturated rings. The number of allylic oxidation sites excluding steroid dienone is 10. The zero-order valence-electron chi connectivity index (χ0n) is 18.8. The Labute approximate surface area is 178 Å². The number of nitrogens with two attached hydrogens (primary N) is 1. The second kappa shape index (κ2) is 9.21. The topological polar surface area (TPSA) is 26.0 Å². The maximum absolute atomic E-state index is 6.98. The molecule has 4 rings (SSSR count). The van der Waals surface area contributed by atoms with E-state index in [0.29, 0.717) is 35.5 Å². The molecule has 0 aliphatic heterocycles. The Kier molecular flexibility index (Phi) is 6.64. The molecule has 4 aliphatic carbocycles. The van der Waals surface area contributed by atoms with Crippen LogP contribution in [0.15, 0.2) is 59.8 Å². The first kappa shape index (κ1) is 20.9. The first-order valence-corrected chi connectivity index (χ1v) is 12.2. The third kappa shape index (κ3) is 4.41. The molecule has 0 spiro atoms. The van der Waals surface area contributed by atoms with Crippen molar-refractivity contribution in [3.8, 4) is 0 Å². The largest absolute Gasteiger partial charge is 0.327 e. The van der Waals surface area contributed by atoms with Gasteiger partial charge >= 0.3 is 0 Å². The van der Waals surface area contributed by atoms with Crippen LogP contribution in [0.4, 0.5) is 0 Å². The standard InChI is InChI=1S/C28H41N/c1-19(2)27(20(3)23-16-8-12-21-10-4-6-14-24(21)23)18-28(29)26-17-9-13-22-11-5-7-15-25(22)26/h5,7-9,11-13,15,19-20,22-23,25-28H,4,6,10,14,16-18,29H2,1-3H3. The summed E-state index contributed by atoms with van der Waals surface area (Å²) in [5.41, 5.74) is 10.4. The molecule has 0 saturated carbocycles. The van der Waals surface area contributed by atoms with Gasteiger partial charge in [-0.2, -0.15) is 0 Å². The third-order valence-electron chi connectivity index (χ3n) is 8.46. The lowest BCUT2D eigenvalue weighted by Crippen LogP contribution is -2.42. The predicted molar refractivity (Wildman–Crippen MR) is 125 cm³/mol. The van der Waals surface area contributed by atoms with Gasteiger partial charge in [-0.05, 0) is 86.0 Å². The summed E-state index contributed by atoms with van der Waals surface area (Å²) in [5, 5.41) is 0. The van der Waals surface area contributed by atoms with Gasteiger partial charge in [-0.15, -0.1) is 0 Å². The number of hydrogen-bond donors (Lipinski definition) is 1. The van der Waals surface area contributed by atoms with Crippen molar-refractivity contribution in [2.75, 3.05) is 0 Å². The predicted octanol–water partition coefficient (Wildman–Crippen LogP) is 6.99. The van der Waals surface area contributed by atoms with Gasteiger partial charge in [0.15, 0.2) is 0 Å². The van der Waals surface area contributed by atoms with Crippen LogP contribution < -0.4 is 5.73 Å². The number of fused-ring (bicyclic) bond motifs is 1. The fourth-order valence-electron chi connectivity index (χ4n) is 6.75. The Hall–Kier alpha value is -1.34. The van der Waals surface area contributed by atoms with Crippen molar-refractivity contribution < 1.29 is 0 Å². The average Bonchev–Trinajstić information content (AvgIpc) is 2.75. The van der Waals surface area contributed by atoms with Crippen LogP contribution in [-0.4, -0.2) is 6.04 Å². The Balaban J connectivity index is 1.48. The second-order valence-electron chi connectivity index (χ2n) is 10.4. The van der Waals surface area contributed by atoms with E-state index >= 15 is 0 Å². The Morgan fingerprint density at radius 1 is 0.966 bits per heavy atom. The summed E-state index contributed by atoms with van der Waals surface area (Å²) in [6.07, 6.45) is 27.8. The summed E-state index contributed by atoms with van der Waals surface area (Å²) in [7, 11) is 0.